The molecule has 70 valence electrons. The lowest BCUT2D eigenvalue weighted by Crippen LogP contribution is -2.17. The van der Waals surface area contributed by atoms with Crippen molar-refractivity contribution < 1.29 is 14.1 Å². The molecule has 1 aliphatic rings. The van der Waals surface area contributed by atoms with Gasteiger partial charge in [0.05, 0.1) is 18.7 Å². The van der Waals surface area contributed by atoms with E-state index < -0.39 is 0 Å². The largest absolute Gasteiger partial charge is 0.447 e. The van der Waals surface area contributed by atoms with Gasteiger partial charge in [-0.1, -0.05) is 5.16 Å². The molecule has 6 nitrogen and oxygen atoms in total. The summed E-state index contributed by atoms with van der Waals surface area (Å²) in [6.07, 6.45) is 1.12. The minimum absolute atomic E-state index is 0.332. The summed E-state index contributed by atoms with van der Waals surface area (Å²) < 4.78 is 13.6. The summed E-state index contributed by atoms with van der Waals surface area (Å²) >= 11 is 1.14. The van der Waals surface area contributed by atoms with Crippen molar-refractivity contribution in [1.82, 2.24) is 9.46 Å². The highest BCUT2D eigenvalue weighted by Gasteiger charge is 2.22. The van der Waals surface area contributed by atoms with Gasteiger partial charge in [0.1, 0.15) is 12.9 Å². The number of nitrogens with one attached hydrogen (secondary N) is 1. The molecule has 1 amide bonds. The highest BCUT2D eigenvalue weighted by atomic mass is 32.2. The maximum absolute atomic E-state index is 10.9. The molecule has 1 aromatic heterocycles. The summed E-state index contributed by atoms with van der Waals surface area (Å²) in [4.78, 5) is 10.9. The van der Waals surface area contributed by atoms with Crippen LogP contribution in [0, 0.1) is 0 Å². The Morgan fingerprint density at radius 3 is 3.23 bits per heavy atom. The standard InChI is InChI=1S/C6H7N3O3S/c10-6-9(2-4-11-6)13-8-5-1-3-12-7-5/h1,3H,2,4H2,(H,7,8). The molecule has 0 bridgehead atoms. The third kappa shape index (κ3) is 1.86. The summed E-state index contributed by atoms with van der Waals surface area (Å²) in [5.41, 5.74) is 0. The molecule has 2 rings (SSSR count). The van der Waals surface area contributed by atoms with Crippen LogP contribution in [0.1, 0.15) is 0 Å². The van der Waals surface area contributed by atoms with Gasteiger partial charge < -0.3 is 9.26 Å². The van der Waals surface area contributed by atoms with Crippen LogP contribution >= 0.6 is 12.1 Å². The fraction of sp³-hybridized carbons (Fsp3) is 0.333. The third-order valence-electron chi connectivity index (χ3n) is 1.42. The first-order valence-electron chi connectivity index (χ1n) is 3.64. The number of ether oxygens (including phenoxy) is 1. The molecule has 0 atom stereocenters. The van der Waals surface area contributed by atoms with Gasteiger partial charge in [0.25, 0.3) is 0 Å². The Bertz CT molecular complexity index is 289. The zero-order valence-corrected chi connectivity index (χ0v) is 7.41. The van der Waals surface area contributed by atoms with Crippen LogP contribution in [-0.2, 0) is 4.74 Å². The minimum atomic E-state index is -0.332. The lowest BCUT2D eigenvalue weighted by molar-refractivity contribution is 0.171. The highest BCUT2D eigenvalue weighted by Crippen LogP contribution is 2.17. The summed E-state index contributed by atoms with van der Waals surface area (Å²) in [7, 11) is 0. The smallest absolute Gasteiger partial charge is 0.421 e. The van der Waals surface area contributed by atoms with E-state index in [1.165, 1.54) is 10.6 Å². The fourth-order valence-electron chi connectivity index (χ4n) is 0.829. The fourth-order valence-corrected chi connectivity index (χ4v) is 1.43. The van der Waals surface area contributed by atoms with E-state index in [0.717, 1.165) is 12.1 Å². The van der Waals surface area contributed by atoms with Crippen LogP contribution < -0.4 is 4.72 Å². The van der Waals surface area contributed by atoms with Crippen LogP contribution in [0.5, 0.6) is 0 Å². The first-order chi connectivity index (χ1) is 6.36. The van der Waals surface area contributed by atoms with Gasteiger partial charge in [-0.2, -0.15) is 0 Å². The van der Waals surface area contributed by atoms with Crippen LogP contribution in [0.3, 0.4) is 0 Å². The molecule has 1 fully saturated rings. The monoisotopic (exact) mass is 201 g/mol. The van der Waals surface area contributed by atoms with E-state index in [2.05, 4.69) is 14.4 Å². The molecular formula is C6H7N3O3S. The third-order valence-corrected chi connectivity index (χ3v) is 2.27. The summed E-state index contributed by atoms with van der Waals surface area (Å²) in [5.74, 6) is 0.574. The Morgan fingerprint density at radius 2 is 2.62 bits per heavy atom. The van der Waals surface area contributed by atoms with Crippen molar-refractivity contribution in [3.8, 4) is 0 Å². The number of carbonyl (C=O) groups excluding carboxylic acids is 1. The van der Waals surface area contributed by atoms with Crippen LogP contribution in [0.4, 0.5) is 10.6 Å². The topological polar surface area (TPSA) is 67.6 Å². The number of rotatable bonds is 3. The van der Waals surface area contributed by atoms with E-state index in [0.29, 0.717) is 19.0 Å². The van der Waals surface area contributed by atoms with Crippen molar-refractivity contribution in [2.45, 2.75) is 0 Å². The number of anilines is 1. The molecule has 7 heteroatoms. The van der Waals surface area contributed by atoms with Gasteiger partial charge in [0, 0.05) is 6.07 Å². The number of nitrogens with zero attached hydrogens (tertiary/aromatic N) is 2. The van der Waals surface area contributed by atoms with Crippen LogP contribution in [0.15, 0.2) is 16.9 Å². The molecule has 1 N–H and O–H groups in total. The second-order valence-electron chi connectivity index (χ2n) is 2.29. The SMILES string of the molecule is O=C1OCCN1SNc1ccon1. The lowest BCUT2D eigenvalue weighted by Gasteiger charge is -2.09. The summed E-state index contributed by atoms with van der Waals surface area (Å²) in [6, 6.07) is 1.66. The first kappa shape index (κ1) is 8.24. The zero-order chi connectivity index (χ0) is 9.10. The first-order valence-corrected chi connectivity index (χ1v) is 4.41. The normalized spacial score (nSPS) is 16.0. The van der Waals surface area contributed by atoms with E-state index in [1.54, 1.807) is 6.07 Å². The molecule has 0 radical (unpaired) electrons. The molecule has 0 saturated carbocycles. The van der Waals surface area contributed by atoms with E-state index in [-0.39, 0.29) is 6.09 Å². The van der Waals surface area contributed by atoms with Gasteiger partial charge in [-0.15, -0.1) is 0 Å². The van der Waals surface area contributed by atoms with E-state index in [1.807, 2.05) is 0 Å². The Labute approximate surface area is 78.5 Å². The Hall–Kier alpha value is -1.37. The number of cyclic esters (lactones) is 1. The van der Waals surface area contributed by atoms with Gasteiger partial charge in [0.2, 0.25) is 0 Å². The highest BCUT2D eigenvalue weighted by molar-refractivity contribution is 7.98. The van der Waals surface area contributed by atoms with Crippen LogP contribution in [0.25, 0.3) is 0 Å². The average molecular weight is 201 g/mol. The van der Waals surface area contributed by atoms with Crippen molar-refractivity contribution in [2.75, 3.05) is 17.9 Å². The van der Waals surface area contributed by atoms with Crippen molar-refractivity contribution in [1.29, 1.82) is 0 Å². The van der Waals surface area contributed by atoms with E-state index >= 15 is 0 Å². The van der Waals surface area contributed by atoms with Crippen molar-refractivity contribution >= 4 is 24.0 Å². The predicted molar refractivity (Wildman–Crippen MR) is 45.8 cm³/mol. The van der Waals surface area contributed by atoms with Gasteiger partial charge >= 0.3 is 6.09 Å². The molecule has 1 aliphatic heterocycles. The maximum Gasteiger partial charge on any atom is 0.421 e. The molecule has 1 saturated heterocycles. The number of hydrogen-bond donors (Lipinski definition) is 1. The number of amides is 1. The second-order valence-corrected chi connectivity index (χ2v) is 3.12. The Kier molecular flexibility index (Phi) is 2.26. The van der Waals surface area contributed by atoms with Crippen molar-refractivity contribution in [3.05, 3.63) is 12.3 Å². The summed E-state index contributed by atoms with van der Waals surface area (Å²) in [5, 5.41) is 3.62. The summed E-state index contributed by atoms with van der Waals surface area (Å²) in [6.45, 7) is 1.01. The van der Waals surface area contributed by atoms with Gasteiger partial charge in [-0.3, -0.25) is 4.72 Å². The van der Waals surface area contributed by atoms with Crippen molar-refractivity contribution in [3.63, 3.8) is 0 Å². The van der Waals surface area contributed by atoms with Gasteiger partial charge in [-0.05, 0) is 0 Å². The number of aromatic nitrogens is 1. The molecule has 0 spiro atoms. The average Bonchev–Trinajstić information content (AvgIpc) is 2.72. The number of carbonyl (C=O) groups is 1. The Balaban J connectivity index is 1.82. The van der Waals surface area contributed by atoms with Crippen LogP contribution in [-0.4, -0.2) is 28.7 Å². The molecular weight excluding hydrogens is 194 g/mol. The van der Waals surface area contributed by atoms with E-state index in [9.17, 15) is 4.79 Å². The van der Waals surface area contributed by atoms with Crippen LogP contribution in [0.2, 0.25) is 0 Å². The minimum Gasteiger partial charge on any atom is -0.447 e. The second kappa shape index (κ2) is 3.56. The molecule has 0 unspecified atom stereocenters. The molecule has 1 aromatic rings. The number of hydrogen-bond acceptors (Lipinski definition) is 6. The molecule has 0 aliphatic carbocycles. The quantitative estimate of drug-likeness (QED) is 0.738. The van der Waals surface area contributed by atoms with E-state index in [4.69, 9.17) is 4.74 Å². The zero-order valence-electron chi connectivity index (χ0n) is 6.60. The van der Waals surface area contributed by atoms with Crippen molar-refractivity contribution in [2.24, 2.45) is 0 Å². The molecule has 2 heterocycles. The maximum atomic E-state index is 10.9. The Morgan fingerprint density at radius 1 is 1.69 bits per heavy atom. The molecule has 0 aromatic carbocycles. The lowest BCUT2D eigenvalue weighted by atomic mass is 10.7. The van der Waals surface area contributed by atoms with Gasteiger partial charge in [-0.25, -0.2) is 9.10 Å². The molecule has 13 heavy (non-hydrogen) atoms. The predicted octanol–water partition coefficient (Wildman–Crippen LogP) is 1.10. The van der Waals surface area contributed by atoms with Gasteiger partial charge in [0.15, 0.2) is 5.82 Å².